The molecule has 3 nitrogen and oxygen atoms in total. The average Bonchev–Trinajstić information content (AvgIpc) is 2.66. The van der Waals surface area contributed by atoms with E-state index in [0.29, 0.717) is 6.42 Å². The first-order valence-electron chi connectivity index (χ1n) is 5.28. The van der Waals surface area contributed by atoms with Crippen molar-refractivity contribution < 1.29 is 9.90 Å². The lowest BCUT2D eigenvalue weighted by Gasteiger charge is -2.30. The van der Waals surface area contributed by atoms with E-state index in [1.165, 1.54) is 4.88 Å². The summed E-state index contributed by atoms with van der Waals surface area (Å²) >= 11 is 1.68. The van der Waals surface area contributed by atoms with E-state index in [1.54, 1.807) is 25.2 Å². The third kappa shape index (κ3) is 3.06. The summed E-state index contributed by atoms with van der Waals surface area (Å²) in [5.74, 6) is -0.740. The van der Waals surface area contributed by atoms with Crippen LogP contribution >= 0.6 is 11.3 Å². The van der Waals surface area contributed by atoms with E-state index in [0.717, 1.165) is 0 Å². The molecule has 1 atom stereocenters. The smallest absolute Gasteiger partial charge is 0.309 e. The monoisotopic (exact) mass is 241 g/mol. The van der Waals surface area contributed by atoms with Crippen LogP contribution in [0.25, 0.3) is 0 Å². The van der Waals surface area contributed by atoms with E-state index in [1.807, 2.05) is 25.5 Å². The Balaban J connectivity index is 2.86. The van der Waals surface area contributed by atoms with Gasteiger partial charge < -0.3 is 10.0 Å². The number of carbonyl (C=O) groups is 1. The minimum atomic E-state index is -0.740. The highest BCUT2D eigenvalue weighted by Gasteiger charge is 2.32. The van der Waals surface area contributed by atoms with Gasteiger partial charge in [-0.15, -0.1) is 11.3 Å². The molecule has 0 amide bonds. The van der Waals surface area contributed by atoms with Crippen LogP contribution in [0.4, 0.5) is 0 Å². The molecule has 0 aromatic carbocycles. The van der Waals surface area contributed by atoms with Crippen molar-refractivity contribution in [1.82, 2.24) is 4.90 Å². The standard InChI is InChI=1S/C12H19NO2S/c1-12(2,11(14)15)8-9(13(3)4)10-6-5-7-16-10/h5-7,9H,8H2,1-4H3,(H,14,15). The molecular formula is C12H19NO2S. The van der Waals surface area contributed by atoms with Gasteiger partial charge in [-0.05, 0) is 45.8 Å². The molecule has 1 heterocycles. The van der Waals surface area contributed by atoms with Gasteiger partial charge in [0, 0.05) is 10.9 Å². The maximum atomic E-state index is 11.1. The first-order valence-corrected chi connectivity index (χ1v) is 6.16. The highest BCUT2D eigenvalue weighted by molar-refractivity contribution is 7.10. The normalized spacial score (nSPS) is 14.1. The van der Waals surface area contributed by atoms with Crippen molar-refractivity contribution in [2.45, 2.75) is 26.3 Å². The molecule has 1 unspecified atom stereocenters. The SMILES string of the molecule is CN(C)C(CC(C)(C)C(=O)O)c1cccs1. The Morgan fingerprint density at radius 1 is 1.56 bits per heavy atom. The number of carboxylic acid groups (broad SMARTS) is 1. The van der Waals surface area contributed by atoms with Crippen LogP contribution in [0.2, 0.25) is 0 Å². The highest BCUT2D eigenvalue weighted by Crippen LogP contribution is 2.35. The number of rotatable bonds is 5. The largest absolute Gasteiger partial charge is 0.481 e. The molecule has 0 saturated carbocycles. The van der Waals surface area contributed by atoms with Gasteiger partial charge in [0.05, 0.1) is 5.41 Å². The minimum absolute atomic E-state index is 0.172. The molecule has 0 aliphatic heterocycles. The molecule has 0 aliphatic rings. The molecule has 16 heavy (non-hydrogen) atoms. The molecule has 4 heteroatoms. The fraction of sp³-hybridized carbons (Fsp3) is 0.583. The second-order valence-corrected chi connectivity index (χ2v) is 5.87. The number of aliphatic carboxylic acids is 1. The van der Waals surface area contributed by atoms with Crippen LogP contribution in [0.3, 0.4) is 0 Å². The number of nitrogens with zero attached hydrogens (tertiary/aromatic N) is 1. The van der Waals surface area contributed by atoms with Crippen molar-refractivity contribution in [2.75, 3.05) is 14.1 Å². The van der Waals surface area contributed by atoms with Gasteiger partial charge in [-0.1, -0.05) is 6.07 Å². The lowest BCUT2D eigenvalue weighted by molar-refractivity contribution is -0.148. The molecule has 1 rings (SSSR count). The predicted molar refractivity (Wildman–Crippen MR) is 66.8 cm³/mol. The molecule has 1 aromatic heterocycles. The Labute approximate surface area is 101 Å². The predicted octanol–water partition coefficient (Wildman–Crippen LogP) is 2.85. The Hall–Kier alpha value is -0.870. The topological polar surface area (TPSA) is 40.5 Å². The summed E-state index contributed by atoms with van der Waals surface area (Å²) in [5, 5.41) is 11.2. The zero-order valence-corrected chi connectivity index (χ0v) is 11.0. The van der Waals surface area contributed by atoms with E-state index in [2.05, 4.69) is 11.0 Å². The van der Waals surface area contributed by atoms with Gasteiger partial charge in [-0.2, -0.15) is 0 Å². The summed E-state index contributed by atoms with van der Waals surface area (Å²) in [6.07, 6.45) is 0.621. The van der Waals surface area contributed by atoms with Crippen molar-refractivity contribution in [1.29, 1.82) is 0 Å². The van der Waals surface area contributed by atoms with E-state index in [9.17, 15) is 4.79 Å². The van der Waals surface area contributed by atoms with Crippen molar-refractivity contribution in [2.24, 2.45) is 5.41 Å². The number of carboxylic acids is 1. The van der Waals surface area contributed by atoms with Gasteiger partial charge in [0.25, 0.3) is 0 Å². The third-order valence-electron chi connectivity index (χ3n) is 2.78. The van der Waals surface area contributed by atoms with Crippen LogP contribution < -0.4 is 0 Å². The number of hydrogen-bond acceptors (Lipinski definition) is 3. The van der Waals surface area contributed by atoms with E-state index in [4.69, 9.17) is 5.11 Å². The first kappa shape index (κ1) is 13.2. The van der Waals surface area contributed by atoms with Crippen LogP contribution in [0.1, 0.15) is 31.2 Å². The maximum absolute atomic E-state index is 11.1. The Bertz CT molecular complexity index is 344. The van der Waals surface area contributed by atoms with Crippen LogP contribution in [-0.4, -0.2) is 30.1 Å². The fourth-order valence-corrected chi connectivity index (χ4v) is 2.51. The molecule has 1 N–H and O–H groups in total. The molecule has 0 spiro atoms. The highest BCUT2D eigenvalue weighted by atomic mass is 32.1. The van der Waals surface area contributed by atoms with Gasteiger partial charge in [0.2, 0.25) is 0 Å². The van der Waals surface area contributed by atoms with Gasteiger partial charge in [0.15, 0.2) is 0 Å². The lowest BCUT2D eigenvalue weighted by atomic mass is 9.85. The zero-order valence-electron chi connectivity index (χ0n) is 10.2. The van der Waals surface area contributed by atoms with Gasteiger partial charge in [-0.3, -0.25) is 4.79 Å². The Morgan fingerprint density at radius 2 is 2.19 bits per heavy atom. The lowest BCUT2D eigenvalue weighted by Crippen LogP contribution is -2.31. The van der Waals surface area contributed by atoms with Gasteiger partial charge in [0.1, 0.15) is 0 Å². The zero-order chi connectivity index (χ0) is 12.3. The molecular weight excluding hydrogens is 222 g/mol. The Morgan fingerprint density at radius 3 is 2.56 bits per heavy atom. The van der Waals surface area contributed by atoms with Crippen LogP contribution in [-0.2, 0) is 4.79 Å². The second-order valence-electron chi connectivity index (χ2n) is 4.89. The summed E-state index contributed by atoms with van der Waals surface area (Å²) < 4.78 is 0. The molecule has 0 fully saturated rings. The summed E-state index contributed by atoms with van der Waals surface area (Å²) in [6, 6.07) is 4.24. The first-order chi connectivity index (χ1) is 7.34. The average molecular weight is 241 g/mol. The quantitative estimate of drug-likeness (QED) is 0.861. The van der Waals surface area contributed by atoms with E-state index in [-0.39, 0.29) is 6.04 Å². The van der Waals surface area contributed by atoms with Crippen LogP contribution in [0, 0.1) is 5.41 Å². The van der Waals surface area contributed by atoms with E-state index >= 15 is 0 Å². The molecule has 0 saturated heterocycles. The maximum Gasteiger partial charge on any atom is 0.309 e. The van der Waals surface area contributed by atoms with Crippen molar-refractivity contribution in [3.63, 3.8) is 0 Å². The summed E-state index contributed by atoms with van der Waals surface area (Å²) in [5.41, 5.74) is -0.696. The van der Waals surface area contributed by atoms with Crippen molar-refractivity contribution >= 4 is 17.3 Å². The van der Waals surface area contributed by atoms with Crippen molar-refractivity contribution in [3.05, 3.63) is 22.4 Å². The summed E-state index contributed by atoms with van der Waals surface area (Å²) in [4.78, 5) is 14.4. The van der Waals surface area contributed by atoms with Crippen molar-refractivity contribution in [3.8, 4) is 0 Å². The molecule has 1 aromatic rings. The summed E-state index contributed by atoms with van der Waals surface area (Å²) in [7, 11) is 3.98. The molecule has 0 aliphatic carbocycles. The number of hydrogen-bond donors (Lipinski definition) is 1. The van der Waals surface area contributed by atoms with E-state index < -0.39 is 11.4 Å². The van der Waals surface area contributed by atoms with Gasteiger partial charge >= 0.3 is 5.97 Å². The minimum Gasteiger partial charge on any atom is -0.481 e. The van der Waals surface area contributed by atoms with Crippen LogP contribution in [0.5, 0.6) is 0 Å². The fourth-order valence-electron chi connectivity index (χ4n) is 1.59. The number of thiophene rings is 1. The summed E-state index contributed by atoms with van der Waals surface area (Å²) in [6.45, 7) is 3.55. The Kier molecular flexibility index (Phi) is 4.10. The van der Waals surface area contributed by atoms with Gasteiger partial charge in [-0.25, -0.2) is 0 Å². The van der Waals surface area contributed by atoms with Crippen LogP contribution in [0.15, 0.2) is 17.5 Å². The third-order valence-corrected chi connectivity index (χ3v) is 3.75. The second kappa shape index (κ2) is 4.97. The molecule has 0 bridgehead atoms. The molecule has 0 radical (unpaired) electrons. The molecule has 90 valence electrons.